The third-order valence-corrected chi connectivity index (χ3v) is 22.6. The Balaban J connectivity index is 0.000000117. The molecule has 5 aliphatic heterocycles. The number of pyridine rings is 7. The van der Waals surface area contributed by atoms with Gasteiger partial charge in [-0.05, 0) is 180 Å². The van der Waals surface area contributed by atoms with Crippen LogP contribution in [0.2, 0.25) is 20.1 Å². The summed E-state index contributed by atoms with van der Waals surface area (Å²) in [6, 6.07) is 58.8. The van der Waals surface area contributed by atoms with Crippen molar-refractivity contribution in [2.24, 2.45) is 0 Å². The molecule has 5 aliphatic rings. The van der Waals surface area contributed by atoms with Crippen molar-refractivity contribution in [1.82, 2.24) is 45.5 Å². The van der Waals surface area contributed by atoms with Crippen molar-refractivity contribution in [3.8, 4) is 114 Å². The molecule has 0 unspecified atom stereocenters. The molecule has 0 atom stereocenters. The van der Waals surface area contributed by atoms with E-state index >= 15 is 0 Å². The van der Waals surface area contributed by atoms with Gasteiger partial charge in [0.1, 0.15) is 22.8 Å². The second-order valence-corrected chi connectivity index (χ2v) is 30.6. The fourth-order valence-corrected chi connectivity index (χ4v) is 16.5. The number of H-pyrrole nitrogens is 3. The number of nitriles is 4. The summed E-state index contributed by atoms with van der Waals surface area (Å²) in [7, 11) is 0. The molecule has 0 aliphatic carbocycles. The van der Waals surface area contributed by atoms with Crippen LogP contribution >= 0.6 is 46.4 Å². The van der Waals surface area contributed by atoms with Gasteiger partial charge < -0.3 is 36.2 Å². The molecule has 124 heavy (non-hydrogen) atoms. The molecule has 596 valence electrons. The third-order valence-electron chi connectivity index (χ3n) is 21.4. The number of amides is 5. The molecule has 0 spiro atoms. The van der Waals surface area contributed by atoms with E-state index in [-0.39, 0.29) is 66.9 Å². The highest BCUT2D eigenvalue weighted by molar-refractivity contribution is 6.54. The summed E-state index contributed by atoms with van der Waals surface area (Å²) < 4.78 is 0. The maximum atomic E-state index is 12.5. The molecule has 0 radical (unpaired) electrons. The van der Waals surface area contributed by atoms with Gasteiger partial charge in [-0.25, -0.2) is 19.9 Å². The van der Waals surface area contributed by atoms with Gasteiger partial charge >= 0.3 is 0 Å². The van der Waals surface area contributed by atoms with Crippen molar-refractivity contribution < 1.29 is 28.8 Å². The number of fused-ring (bicyclic) bond motifs is 8. The second kappa shape index (κ2) is 32.4. The molecule has 8 aromatic carbocycles. The fraction of sp³-hybridized carbons (Fsp3) is 0.0421. The molecule has 29 heteroatoms. The lowest BCUT2D eigenvalue weighted by Gasteiger charge is -2.19. The lowest BCUT2D eigenvalue weighted by atomic mass is 9.92. The first-order chi connectivity index (χ1) is 59.8. The van der Waals surface area contributed by atoms with Gasteiger partial charge in [-0.2, -0.15) is 21.0 Å². The predicted molar refractivity (Wildman–Crippen MR) is 473 cm³/mol. The van der Waals surface area contributed by atoms with E-state index in [2.05, 4.69) is 77.4 Å². The van der Waals surface area contributed by atoms with E-state index in [0.717, 1.165) is 67.0 Å². The number of anilines is 3. The van der Waals surface area contributed by atoms with Crippen molar-refractivity contribution in [2.45, 2.75) is 26.8 Å². The molecule has 0 bridgehead atoms. The lowest BCUT2D eigenvalue weighted by molar-refractivity contribution is -0.115. The number of carbonyl (C=O) groups excluding carboxylic acids is 6. The summed E-state index contributed by atoms with van der Waals surface area (Å²) >= 11 is 25.7. The van der Waals surface area contributed by atoms with Gasteiger partial charge in [0, 0.05) is 99.1 Å². The van der Waals surface area contributed by atoms with E-state index in [1.165, 1.54) is 30.6 Å². The number of nitrogens with one attached hydrogen (secondary N) is 8. The van der Waals surface area contributed by atoms with Crippen LogP contribution in [-0.2, 0) is 22.6 Å². The summed E-state index contributed by atoms with van der Waals surface area (Å²) in [5, 5.41) is 53.4. The van der Waals surface area contributed by atoms with Crippen LogP contribution in [0.1, 0.15) is 91.5 Å². The van der Waals surface area contributed by atoms with Gasteiger partial charge in [-0.1, -0.05) is 102 Å². The SMILES string of the molecule is C=C1C=Cc2cc(-c3cc(Cl)c4c(c3)CNC4=O)c(-c3cccc(C#N)c3)nc2N1.Cc1c(C#N)cccc1-c1nc2[nH]ccc(=O)c2cc1-c1cc(Cl)c2c(c1)C(=O)C(=O)N2.Cc1c(C#N)cccc1-c1nc2[nH]ccc(=O)c2cc1-c1cc(Cl)c2c(c1)CC(=O)N2.N#Cc1cccc(-c2nc3[nH]ccc(=O)c3cc2-c2cc(Cl)c3c(c2)C(=O)NC3=O)c1. The van der Waals surface area contributed by atoms with Crippen LogP contribution in [0.25, 0.3) is 129 Å². The lowest BCUT2D eigenvalue weighted by Crippen LogP contribution is -2.20. The summed E-state index contributed by atoms with van der Waals surface area (Å²) in [5.41, 5.74) is 20.0. The Morgan fingerprint density at radius 3 is 1.39 bits per heavy atom. The maximum absolute atomic E-state index is 12.5. The molecule has 15 aromatic rings. The van der Waals surface area contributed by atoms with Crippen molar-refractivity contribution >= 4 is 138 Å². The zero-order valence-electron chi connectivity index (χ0n) is 64.5. The van der Waals surface area contributed by atoms with E-state index in [1.807, 2.05) is 80.6 Å². The Morgan fingerprint density at radius 1 is 0.379 bits per heavy atom. The number of nitrogens with zero attached hydrogens (tertiary/aromatic N) is 8. The van der Waals surface area contributed by atoms with Crippen LogP contribution < -0.4 is 42.9 Å². The van der Waals surface area contributed by atoms with E-state index in [9.17, 15) is 64.2 Å². The van der Waals surface area contributed by atoms with Crippen molar-refractivity contribution in [1.29, 1.82) is 21.0 Å². The highest BCUT2D eigenvalue weighted by Crippen LogP contribution is 2.46. The molecule has 0 saturated carbocycles. The first-order valence-corrected chi connectivity index (χ1v) is 39.3. The van der Waals surface area contributed by atoms with E-state index < -0.39 is 23.5 Å². The number of halogens is 4. The molecule has 5 amide bonds. The predicted octanol–water partition coefficient (Wildman–Crippen LogP) is 17.6. The van der Waals surface area contributed by atoms with Crippen LogP contribution in [0.4, 0.5) is 17.2 Å². The highest BCUT2D eigenvalue weighted by Gasteiger charge is 2.34. The minimum atomic E-state index is -0.745. The Hall–Kier alpha value is -16.4. The molecular formula is C95H54Cl4N16O9. The number of carbonyl (C=O) groups is 6. The summed E-state index contributed by atoms with van der Waals surface area (Å²) in [6.07, 6.45) is 8.67. The van der Waals surface area contributed by atoms with Gasteiger partial charge in [0.15, 0.2) is 16.3 Å². The minimum Gasteiger partial charge on any atom is -0.348 e. The first kappa shape index (κ1) is 80.0. The van der Waals surface area contributed by atoms with E-state index in [1.54, 1.807) is 109 Å². The van der Waals surface area contributed by atoms with Crippen LogP contribution in [0, 0.1) is 59.2 Å². The number of hydrogen-bond donors (Lipinski definition) is 8. The van der Waals surface area contributed by atoms with Gasteiger partial charge in [-0.15, -0.1) is 0 Å². The summed E-state index contributed by atoms with van der Waals surface area (Å²) in [5.74, 6) is -2.08. The number of rotatable bonds is 8. The number of imide groups is 1. The van der Waals surface area contributed by atoms with Crippen LogP contribution in [0.15, 0.2) is 227 Å². The Morgan fingerprint density at radius 2 is 0.847 bits per heavy atom. The van der Waals surface area contributed by atoms with Crippen molar-refractivity contribution in [3.05, 3.63) is 336 Å². The number of aromatic amines is 3. The molecule has 8 N–H and O–H groups in total. The van der Waals surface area contributed by atoms with Crippen LogP contribution in [-0.4, -0.2) is 70.2 Å². The van der Waals surface area contributed by atoms with Gasteiger partial charge in [0.05, 0.1) is 146 Å². The second-order valence-electron chi connectivity index (χ2n) is 29.0. The monoisotopic (exact) mass is 1700 g/mol. The fourth-order valence-electron chi connectivity index (χ4n) is 15.4. The number of allylic oxidation sites excluding steroid dienone is 1. The maximum Gasteiger partial charge on any atom is 0.296 e. The van der Waals surface area contributed by atoms with Crippen molar-refractivity contribution in [2.75, 3.05) is 16.0 Å². The zero-order chi connectivity index (χ0) is 86.8. The zero-order valence-corrected chi connectivity index (χ0v) is 67.5. The van der Waals surface area contributed by atoms with Gasteiger partial charge in [0.25, 0.3) is 29.4 Å². The normalized spacial score (nSPS) is 12.8. The van der Waals surface area contributed by atoms with Crippen LogP contribution in [0.5, 0.6) is 0 Å². The molecule has 0 fully saturated rings. The number of Topliss-reactive ketones (excluding diaryl/α,β-unsaturated/α-hetero) is 1. The Bertz CT molecular complexity index is 7820. The number of benzene rings is 8. The number of aromatic nitrogens is 7. The highest BCUT2D eigenvalue weighted by atomic mass is 35.5. The average molecular weight is 1710 g/mol. The Labute approximate surface area is 721 Å². The van der Waals surface area contributed by atoms with Gasteiger partial charge in [-0.3, -0.25) is 48.5 Å². The van der Waals surface area contributed by atoms with Gasteiger partial charge in [0.2, 0.25) is 5.91 Å². The van der Waals surface area contributed by atoms with Crippen LogP contribution in [0.3, 0.4) is 0 Å². The number of ketones is 1. The molecule has 0 saturated heterocycles. The Kier molecular flexibility index (Phi) is 20.9. The van der Waals surface area contributed by atoms with Crippen molar-refractivity contribution in [3.63, 3.8) is 0 Å². The minimum absolute atomic E-state index is 0.111. The summed E-state index contributed by atoms with van der Waals surface area (Å²) in [6.45, 7) is 8.08. The quantitative estimate of drug-likeness (QED) is 0.0517. The molecule has 7 aromatic heterocycles. The number of hydrogen-bond acceptors (Lipinski definition) is 18. The average Bonchev–Trinajstić information content (AvgIpc) is 0.875. The smallest absolute Gasteiger partial charge is 0.296 e. The molecule has 12 heterocycles. The largest absolute Gasteiger partial charge is 0.348 e. The topological polar surface area (TPSA) is 408 Å². The molecule has 20 rings (SSSR count). The first-order valence-electron chi connectivity index (χ1n) is 37.7. The van der Waals surface area contributed by atoms with E-state index in [0.29, 0.717) is 145 Å². The van der Waals surface area contributed by atoms with E-state index in [4.69, 9.17) is 61.4 Å². The third kappa shape index (κ3) is 14.8. The molecular weight excluding hydrogens is 1650 g/mol. The standard InChI is InChI=1S/C24H13ClN4O3.C24H15ClN4O2.C24H15ClN4O.C23H11ClN4O3/c1-11-12(10-26)3-2-4-14(11)20-15(9-16-19(30)5-6-27-23(16)28-20)13-7-17-21(18(25)8-13)29-24(32)22(17)31;1-12-13(11-26)3-2-4-16(12)23-17(10-18-20(30)5-6-27-24(18)29-23)14-7-15-9-21(31)28-22(15)19(25)8-14;1-13-5-6-16-9-19(17-8-18-12-27-24(30)21(18)20(25)10-17)22(29-23(16)28-13)15-4-2-3-14(7-15)11-26;24-17-8-13(7-16-19(17)23(31)28-22(16)30)14-9-15-18(29)4-5-26-21(15)27-20(14)12-3-1-2-11(6-12)10-25/h2-9H,1H3,(H,27,28,30)(H,29,31,32);2-8,10H,9H2,1H3,(H,28,31)(H,27,29,30);2-10H,1,12H2,(H,27,30)(H,28,29);1-9H,(H,26,27,29)(H,28,30,31). The summed E-state index contributed by atoms with van der Waals surface area (Å²) in [4.78, 5) is 138. The molecule has 25 nitrogen and oxygen atoms in total.